The van der Waals surface area contributed by atoms with Gasteiger partial charge >= 0.3 is 12.0 Å². The van der Waals surface area contributed by atoms with Gasteiger partial charge in [0.25, 0.3) is 0 Å². The molecule has 0 heterocycles. The molecule has 0 N–H and O–H groups in total. The molecular formula is C10H10ClF2NO3. The standard InChI is InChI=1S/C10H10ClF2NO3/c1-14(9(11)15)6-3-7(16-2)5-8(4-6)17-10(12)13/h3-5,10H,1-2H3. The van der Waals surface area contributed by atoms with E-state index < -0.39 is 12.0 Å². The smallest absolute Gasteiger partial charge is 0.387 e. The van der Waals surface area contributed by atoms with Crippen molar-refractivity contribution in [3.8, 4) is 11.5 Å². The highest BCUT2D eigenvalue weighted by molar-refractivity contribution is 6.66. The summed E-state index contributed by atoms with van der Waals surface area (Å²) < 4.78 is 33.3. The Morgan fingerprint density at radius 3 is 2.41 bits per heavy atom. The largest absolute Gasteiger partial charge is 0.497 e. The second-order valence-electron chi connectivity index (χ2n) is 3.06. The van der Waals surface area contributed by atoms with Gasteiger partial charge < -0.3 is 14.4 Å². The van der Waals surface area contributed by atoms with Gasteiger partial charge in [0.1, 0.15) is 11.5 Å². The van der Waals surface area contributed by atoms with Gasteiger partial charge in [-0.15, -0.1) is 0 Å². The van der Waals surface area contributed by atoms with Crippen LogP contribution in [-0.2, 0) is 0 Å². The summed E-state index contributed by atoms with van der Waals surface area (Å²) in [5, 5.41) is -0.749. The Balaban J connectivity index is 3.08. The number of halogens is 3. The van der Waals surface area contributed by atoms with Crippen molar-refractivity contribution in [1.29, 1.82) is 0 Å². The normalized spacial score (nSPS) is 10.2. The molecule has 0 saturated carbocycles. The van der Waals surface area contributed by atoms with Gasteiger partial charge in [-0.05, 0) is 11.6 Å². The van der Waals surface area contributed by atoms with Gasteiger partial charge in [0.05, 0.1) is 12.8 Å². The molecule has 0 atom stereocenters. The van der Waals surface area contributed by atoms with Crippen molar-refractivity contribution >= 4 is 22.7 Å². The van der Waals surface area contributed by atoms with Gasteiger partial charge in [0.2, 0.25) is 0 Å². The molecule has 1 rings (SSSR count). The second-order valence-corrected chi connectivity index (χ2v) is 3.38. The van der Waals surface area contributed by atoms with Gasteiger partial charge in [-0.2, -0.15) is 8.78 Å². The molecule has 0 aromatic heterocycles. The predicted octanol–water partition coefficient (Wildman–Crippen LogP) is 3.09. The molecule has 0 radical (unpaired) electrons. The van der Waals surface area contributed by atoms with Crippen LogP contribution in [0.2, 0.25) is 0 Å². The number of carbonyl (C=O) groups is 1. The first kappa shape index (κ1) is 13.5. The maximum Gasteiger partial charge on any atom is 0.387 e. The summed E-state index contributed by atoms with van der Waals surface area (Å²) in [6.07, 6.45) is 0. The Labute approximate surface area is 102 Å². The second kappa shape index (κ2) is 5.67. The number of alkyl halides is 2. The van der Waals surface area contributed by atoms with Crippen molar-refractivity contribution in [2.45, 2.75) is 6.61 Å². The highest BCUT2D eigenvalue weighted by Crippen LogP contribution is 2.29. The first-order valence-corrected chi connectivity index (χ1v) is 4.89. The number of anilines is 1. The van der Waals surface area contributed by atoms with Crippen molar-refractivity contribution in [1.82, 2.24) is 0 Å². The molecule has 7 heteroatoms. The van der Waals surface area contributed by atoms with Crippen molar-refractivity contribution in [3.63, 3.8) is 0 Å². The quantitative estimate of drug-likeness (QED) is 0.620. The fraction of sp³-hybridized carbons (Fsp3) is 0.300. The molecule has 0 unspecified atom stereocenters. The van der Waals surface area contributed by atoms with E-state index in [2.05, 4.69) is 4.74 Å². The number of benzene rings is 1. The molecule has 1 aromatic carbocycles. The third-order valence-electron chi connectivity index (χ3n) is 1.98. The number of nitrogens with zero attached hydrogens (tertiary/aromatic N) is 1. The first-order chi connectivity index (χ1) is 7.93. The fourth-order valence-electron chi connectivity index (χ4n) is 1.14. The van der Waals surface area contributed by atoms with E-state index in [-0.39, 0.29) is 11.5 Å². The Kier molecular flexibility index (Phi) is 4.51. The summed E-state index contributed by atoms with van der Waals surface area (Å²) in [6.45, 7) is -2.95. The number of amides is 1. The van der Waals surface area contributed by atoms with Gasteiger partial charge in [0, 0.05) is 25.2 Å². The van der Waals surface area contributed by atoms with Crippen LogP contribution in [0.15, 0.2) is 18.2 Å². The van der Waals surface area contributed by atoms with Crippen LogP contribution in [0.25, 0.3) is 0 Å². The summed E-state index contributed by atoms with van der Waals surface area (Å²) in [4.78, 5) is 12.0. The van der Waals surface area contributed by atoms with Crippen molar-refractivity contribution in [3.05, 3.63) is 18.2 Å². The molecule has 0 saturated heterocycles. The number of methoxy groups -OCH3 is 1. The van der Waals surface area contributed by atoms with Gasteiger partial charge in [-0.3, -0.25) is 4.79 Å². The molecule has 17 heavy (non-hydrogen) atoms. The molecular weight excluding hydrogens is 256 g/mol. The molecule has 4 nitrogen and oxygen atoms in total. The number of carbonyl (C=O) groups excluding carboxylic acids is 1. The SMILES string of the molecule is COc1cc(OC(F)F)cc(N(C)C(=O)Cl)c1. The topological polar surface area (TPSA) is 38.8 Å². The zero-order valence-corrected chi connectivity index (χ0v) is 9.87. The Hall–Kier alpha value is -1.56. The molecule has 1 aromatic rings. The van der Waals surface area contributed by atoms with E-state index in [1.54, 1.807) is 0 Å². The molecule has 0 aliphatic rings. The number of rotatable bonds is 4. The highest BCUT2D eigenvalue weighted by atomic mass is 35.5. The van der Waals surface area contributed by atoms with E-state index in [1.165, 1.54) is 32.4 Å². The van der Waals surface area contributed by atoms with Crippen LogP contribution in [0.1, 0.15) is 0 Å². The van der Waals surface area contributed by atoms with Crippen LogP contribution in [0, 0.1) is 0 Å². The summed E-state index contributed by atoms with van der Waals surface area (Å²) in [6, 6.07) is 4.01. The molecule has 0 spiro atoms. The zero-order valence-electron chi connectivity index (χ0n) is 9.12. The molecule has 0 bridgehead atoms. The number of hydrogen-bond acceptors (Lipinski definition) is 3. The summed E-state index contributed by atoms with van der Waals surface area (Å²) in [5.41, 5.74) is 0.292. The van der Waals surface area contributed by atoms with Crippen molar-refractivity contribution in [2.75, 3.05) is 19.1 Å². The minimum Gasteiger partial charge on any atom is -0.497 e. The van der Waals surface area contributed by atoms with E-state index in [9.17, 15) is 13.6 Å². The highest BCUT2D eigenvalue weighted by Gasteiger charge is 2.13. The lowest BCUT2D eigenvalue weighted by Crippen LogP contribution is -2.19. The van der Waals surface area contributed by atoms with E-state index in [1.807, 2.05) is 0 Å². The monoisotopic (exact) mass is 265 g/mol. The molecule has 0 fully saturated rings. The average Bonchev–Trinajstić information content (AvgIpc) is 2.26. The minimum absolute atomic E-state index is 0.112. The Morgan fingerprint density at radius 1 is 1.35 bits per heavy atom. The van der Waals surface area contributed by atoms with Gasteiger partial charge in [-0.25, -0.2) is 0 Å². The van der Waals surface area contributed by atoms with Crippen molar-refractivity contribution < 1.29 is 23.0 Å². The van der Waals surface area contributed by atoms with E-state index in [0.717, 1.165) is 4.90 Å². The molecule has 94 valence electrons. The molecule has 0 aliphatic heterocycles. The van der Waals surface area contributed by atoms with E-state index >= 15 is 0 Å². The van der Waals surface area contributed by atoms with Crippen LogP contribution < -0.4 is 14.4 Å². The lowest BCUT2D eigenvalue weighted by Gasteiger charge is -2.16. The van der Waals surface area contributed by atoms with Crippen LogP contribution in [0.4, 0.5) is 19.3 Å². The lowest BCUT2D eigenvalue weighted by atomic mass is 10.2. The average molecular weight is 266 g/mol. The maximum absolute atomic E-state index is 12.1. The summed E-state index contributed by atoms with van der Waals surface area (Å²) >= 11 is 5.27. The summed E-state index contributed by atoms with van der Waals surface area (Å²) in [5.74, 6) is 0.169. The Bertz CT molecular complexity index is 415. The number of ether oxygens (including phenoxy) is 2. The van der Waals surface area contributed by atoms with E-state index in [4.69, 9.17) is 16.3 Å². The summed E-state index contributed by atoms with van der Waals surface area (Å²) in [7, 11) is 2.77. The van der Waals surface area contributed by atoms with Crippen LogP contribution >= 0.6 is 11.6 Å². The van der Waals surface area contributed by atoms with Crippen LogP contribution in [0.5, 0.6) is 11.5 Å². The molecule has 1 amide bonds. The maximum atomic E-state index is 12.1. The van der Waals surface area contributed by atoms with Gasteiger partial charge in [-0.1, -0.05) is 0 Å². The van der Waals surface area contributed by atoms with E-state index in [0.29, 0.717) is 5.69 Å². The van der Waals surface area contributed by atoms with Gasteiger partial charge in [0.15, 0.2) is 0 Å². The van der Waals surface area contributed by atoms with Crippen LogP contribution in [0.3, 0.4) is 0 Å². The number of hydrogen-bond donors (Lipinski definition) is 0. The fourth-order valence-corrected chi connectivity index (χ4v) is 1.24. The minimum atomic E-state index is -2.95. The zero-order chi connectivity index (χ0) is 13.0. The van der Waals surface area contributed by atoms with Crippen molar-refractivity contribution in [2.24, 2.45) is 0 Å². The Morgan fingerprint density at radius 2 is 1.94 bits per heavy atom. The predicted molar refractivity (Wildman–Crippen MR) is 59.3 cm³/mol. The van der Waals surface area contributed by atoms with Crippen LogP contribution in [-0.4, -0.2) is 26.1 Å². The third-order valence-corrected chi connectivity index (χ3v) is 2.23. The first-order valence-electron chi connectivity index (χ1n) is 4.51. The lowest BCUT2D eigenvalue weighted by molar-refractivity contribution is -0.0498. The third kappa shape index (κ3) is 3.74. The molecule has 0 aliphatic carbocycles.